The minimum atomic E-state index is -5.91. The van der Waals surface area contributed by atoms with Gasteiger partial charge >= 0.3 is 24.0 Å². The molecule has 0 fully saturated rings. The summed E-state index contributed by atoms with van der Waals surface area (Å²) in [5.41, 5.74) is -3.16. The highest BCUT2D eigenvalue weighted by Gasteiger charge is 2.71. The van der Waals surface area contributed by atoms with Crippen molar-refractivity contribution in [1.29, 1.82) is 0 Å². The molecule has 0 aromatic rings. The summed E-state index contributed by atoms with van der Waals surface area (Å²) in [6, 6.07) is 0. The Hall–Kier alpha value is -1.67. The van der Waals surface area contributed by atoms with Crippen LogP contribution in [0.15, 0.2) is 12.2 Å². The molecule has 0 aliphatic carbocycles. The summed E-state index contributed by atoms with van der Waals surface area (Å²) in [5, 5.41) is 8.24. The van der Waals surface area contributed by atoms with Crippen molar-refractivity contribution >= 4 is 11.9 Å². The smallest absolute Gasteiger partial charge is 0.457 e. The van der Waals surface area contributed by atoms with Gasteiger partial charge in [0.25, 0.3) is 0 Å². The molecule has 0 aliphatic heterocycles. The topological polar surface area (TPSA) is 63.6 Å². The molecule has 1 N–H and O–H groups in total. The van der Waals surface area contributed by atoms with Crippen LogP contribution in [-0.2, 0) is 14.3 Å². The first kappa shape index (κ1) is 18.3. The molecule has 0 radical (unpaired) electrons. The number of carboxylic acids is 1. The SMILES string of the molecule is CC(C)C(C)(OC(=O)/C=C/C(=O)O)C(F)(F)C(F)(F)F. The van der Waals surface area contributed by atoms with E-state index in [9.17, 15) is 31.5 Å². The fraction of sp³-hybridized carbons (Fsp3) is 0.636. The van der Waals surface area contributed by atoms with Crippen molar-refractivity contribution in [3.8, 4) is 0 Å². The summed E-state index contributed by atoms with van der Waals surface area (Å²) in [6.45, 7) is 2.49. The average molecular weight is 304 g/mol. The number of ether oxygens (including phenoxy) is 1. The number of hydrogen-bond donors (Lipinski definition) is 1. The van der Waals surface area contributed by atoms with Gasteiger partial charge in [-0.1, -0.05) is 13.8 Å². The molecule has 0 bridgehead atoms. The number of carbonyl (C=O) groups is 2. The standard InChI is InChI=1S/C11H13F5O4/c1-6(2)9(3,10(12,13)11(14,15)16)20-8(19)5-4-7(17)18/h4-6H,1-3H3,(H,17,18)/b5-4+. The third-order valence-electron chi connectivity index (χ3n) is 2.76. The third-order valence-corrected chi connectivity index (χ3v) is 2.76. The second-order valence-corrected chi connectivity index (χ2v) is 4.43. The lowest BCUT2D eigenvalue weighted by Crippen LogP contribution is -2.60. The van der Waals surface area contributed by atoms with Crippen molar-refractivity contribution in [1.82, 2.24) is 0 Å². The van der Waals surface area contributed by atoms with Crippen molar-refractivity contribution in [3.63, 3.8) is 0 Å². The van der Waals surface area contributed by atoms with Crippen LogP contribution < -0.4 is 0 Å². The van der Waals surface area contributed by atoms with E-state index in [-0.39, 0.29) is 12.2 Å². The van der Waals surface area contributed by atoms with E-state index in [1.54, 1.807) is 0 Å². The number of hydrogen-bond acceptors (Lipinski definition) is 3. The first-order valence-corrected chi connectivity index (χ1v) is 5.34. The number of esters is 1. The van der Waals surface area contributed by atoms with Gasteiger partial charge in [-0.15, -0.1) is 0 Å². The predicted octanol–water partition coefficient (Wildman–Crippen LogP) is 2.78. The molecular formula is C11H13F5O4. The molecule has 0 aromatic heterocycles. The Morgan fingerprint density at radius 1 is 1.10 bits per heavy atom. The molecule has 0 heterocycles. The Labute approximate surface area is 111 Å². The molecule has 0 aromatic carbocycles. The largest absolute Gasteiger partial charge is 0.478 e. The van der Waals surface area contributed by atoms with E-state index in [1.165, 1.54) is 0 Å². The fourth-order valence-corrected chi connectivity index (χ4v) is 1.21. The van der Waals surface area contributed by atoms with Crippen LogP contribution in [0.3, 0.4) is 0 Å². The summed E-state index contributed by atoms with van der Waals surface area (Å²) in [5.74, 6) is -9.84. The average Bonchev–Trinajstić information content (AvgIpc) is 2.24. The maximum atomic E-state index is 13.4. The lowest BCUT2D eigenvalue weighted by molar-refractivity contribution is -0.346. The Morgan fingerprint density at radius 2 is 1.55 bits per heavy atom. The van der Waals surface area contributed by atoms with Gasteiger partial charge in [-0.2, -0.15) is 22.0 Å². The maximum Gasteiger partial charge on any atom is 0.457 e. The summed E-state index contributed by atoms with van der Waals surface area (Å²) >= 11 is 0. The van der Waals surface area contributed by atoms with Gasteiger partial charge in [0, 0.05) is 12.2 Å². The third kappa shape index (κ3) is 3.67. The van der Waals surface area contributed by atoms with E-state index >= 15 is 0 Å². The van der Waals surface area contributed by atoms with Crippen LogP contribution in [0.1, 0.15) is 20.8 Å². The van der Waals surface area contributed by atoms with Crippen LogP contribution in [0.25, 0.3) is 0 Å². The van der Waals surface area contributed by atoms with E-state index < -0.39 is 35.6 Å². The zero-order valence-electron chi connectivity index (χ0n) is 10.8. The molecule has 9 heteroatoms. The second kappa shape index (κ2) is 5.76. The summed E-state index contributed by atoms with van der Waals surface area (Å²) in [4.78, 5) is 21.3. The maximum absolute atomic E-state index is 13.4. The summed E-state index contributed by atoms with van der Waals surface area (Å²) < 4.78 is 68.3. The monoisotopic (exact) mass is 304 g/mol. The van der Waals surface area contributed by atoms with Crippen molar-refractivity contribution in [3.05, 3.63) is 12.2 Å². The fourth-order valence-electron chi connectivity index (χ4n) is 1.21. The van der Waals surface area contributed by atoms with Crippen LogP contribution in [-0.4, -0.2) is 34.7 Å². The van der Waals surface area contributed by atoms with Crippen molar-refractivity contribution in [2.24, 2.45) is 5.92 Å². The lowest BCUT2D eigenvalue weighted by Gasteiger charge is -2.40. The van der Waals surface area contributed by atoms with Crippen LogP contribution >= 0.6 is 0 Å². The molecule has 1 atom stereocenters. The van der Waals surface area contributed by atoms with Gasteiger partial charge in [-0.3, -0.25) is 0 Å². The van der Waals surface area contributed by atoms with Gasteiger partial charge in [0.05, 0.1) is 0 Å². The molecule has 0 rings (SSSR count). The molecular weight excluding hydrogens is 291 g/mol. The first-order chi connectivity index (χ1) is 8.75. The number of halogens is 5. The van der Waals surface area contributed by atoms with Gasteiger partial charge in [-0.25, -0.2) is 9.59 Å². The normalized spacial score (nSPS) is 16.2. The van der Waals surface area contributed by atoms with Gasteiger partial charge in [-0.05, 0) is 12.8 Å². The second-order valence-electron chi connectivity index (χ2n) is 4.43. The Bertz CT molecular complexity index is 414. The van der Waals surface area contributed by atoms with Gasteiger partial charge in [0.2, 0.25) is 0 Å². The van der Waals surface area contributed by atoms with E-state index in [0.717, 1.165) is 13.8 Å². The first-order valence-electron chi connectivity index (χ1n) is 5.34. The van der Waals surface area contributed by atoms with Gasteiger partial charge in [0.1, 0.15) is 0 Å². The molecule has 0 amide bonds. The van der Waals surface area contributed by atoms with Crippen LogP contribution in [0.2, 0.25) is 0 Å². The highest BCUT2D eigenvalue weighted by Crippen LogP contribution is 2.48. The van der Waals surface area contributed by atoms with Gasteiger partial charge < -0.3 is 9.84 Å². The van der Waals surface area contributed by atoms with Crippen LogP contribution in [0, 0.1) is 5.92 Å². The molecule has 0 spiro atoms. The highest BCUT2D eigenvalue weighted by atomic mass is 19.4. The number of rotatable bonds is 5. The van der Waals surface area contributed by atoms with E-state index in [1.807, 2.05) is 0 Å². The molecule has 20 heavy (non-hydrogen) atoms. The van der Waals surface area contributed by atoms with E-state index in [0.29, 0.717) is 6.92 Å². The number of aliphatic carboxylic acids is 1. The van der Waals surface area contributed by atoms with Crippen molar-refractivity contribution < 1.29 is 41.4 Å². The lowest BCUT2D eigenvalue weighted by atomic mass is 9.85. The van der Waals surface area contributed by atoms with Crippen molar-refractivity contribution in [2.45, 2.75) is 38.5 Å². The van der Waals surface area contributed by atoms with E-state index in [2.05, 4.69) is 4.74 Å². The Kier molecular flexibility index (Phi) is 5.28. The van der Waals surface area contributed by atoms with Crippen LogP contribution in [0.4, 0.5) is 22.0 Å². The zero-order valence-corrected chi connectivity index (χ0v) is 10.8. The Balaban J connectivity index is 5.44. The summed E-state index contributed by atoms with van der Waals surface area (Å²) in [7, 11) is 0. The molecule has 0 saturated heterocycles. The number of carbonyl (C=O) groups excluding carboxylic acids is 1. The summed E-state index contributed by atoms with van der Waals surface area (Å²) in [6.07, 6.45) is -5.38. The van der Waals surface area contributed by atoms with Gasteiger partial charge in [0.15, 0.2) is 5.60 Å². The van der Waals surface area contributed by atoms with Crippen molar-refractivity contribution in [2.75, 3.05) is 0 Å². The molecule has 1 unspecified atom stereocenters. The van der Waals surface area contributed by atoms with Crippen LogP contribution in [0.5, 0.6) is 0 Å². The predicted molar refractivity (Wildman–Crippen MR) is 57.1 cm³/mol. The highest BCUT2D eigenvalue weighted by molar-refractivity contribution is 5.90. The molecule has 0 saturated carbocycles. The number of carboxylic acid groups (broad SMARTS) is 1. The molecule has 0 aliphatic rings. The minimum Gasteiger partial charge on any atom is -0.478 e. The quantitative estimate of drug-likeness (QED) is 0.482. The van der Waals surface area contributed by atoms with E-state index in [4.69, 9.17) is 5.11 Å². The number of alkyl halides is 5. The zero-order chi connectivity index (χ0) is 16.4. The minimum absolute atomic E-state index is 0.259. The molecule has 4 nitrogen and oxygen atoms in total. The Morgan fingerprint density at radius 3 is 1.85 bits per heavy atom. The molecule has 116 valence electrons.